The molecule has 8 nitrogen and oxygen atoms in total. The minimum Gasteiger partial charge on any atom is -0.493 e. The summed E-state index contributed by atoms with van der Waals surface area (Å²) in [7, 11) is 6.27. The van der Waals surface area contributed by atoms with Crippen LogP contribution in [-0.4, -0.2) is 59.1 Å². The van der Waals surface area contributed by atoms with Gasteiger partial charge in [0.25, 0.3) is 0 Å². The standard InChI is InChI=1S/C23H25NO6.C10H23N.2ClH/c1-7-30-23(25)21-13(2)24-16-12-20(29-6)19(28-5)11-15(16)22(21)14-8-9-17(26-3)18(10-14)27-4;1-3-5-7-9-11-10-8-6-4-2;;/h8-12H,7H2,1-6H3;11H,3-10H2,1-2H3;2*1H. The predicted octanol–water partition coefficient (Wildman–Crippen LogP) is 8.22. The van der Waals surface area contributed by atoms with Gasteiger partial charge in [-0.15, -0.1) is 24.8 Å². The van der Waals surface area contributed by atoms with E-state index in [4.69, 9.17) is 23.7 Å². The molecule has 43 heavy (non-hydrogen) atoms. The molecule has 1 heterocycles. The first-order valence-corrected chi connectivity index (χ1v) is 14.6. The Hall–Kier alpha value is -2.94. The molecule has 3 aromatic rings. The minimum absolute atomic E-state index is 0. The van der Waals surface area contributed by atoms with E-state index in [0.29, 0.717) is 45.3 Å². The van der Waals surface area contributed by atoms with Crippen LogP contribution >= 0.6 is 24.8 Å². The number of hydrogen-bond acceptors (Lipinski definition) is 8. The molecule has 10 heteroatoms. The molecule has 3 rings (SSSR count). The highest BCUT2D eigenvalue weighted by atomic mass is 35.5. The summed E-state index contributed by atoms with van der Waals surface area (Å²) in [6.07, 6.45) is 8.11. The van der Waals surface area contributed by atoms with Crippen molar-refractivity contribution < 1.29 is 28.5 Å². The Labute approximate surface area is 270 Å². The van der Waals surface area contributed by atoms with Crippen LogP contribution in [0.25, 0.3) is 22.0 Å². The second kappa shape index (κ2) is 21.7. The summed E-state index contributed by atoms with van der Waals surface area (Å²) in [5, 5.41) is 4.19. The van der Waals surface area contributed by atoms with E-state index in [2.05, 4.69) is 24.1 Å². The number of benzene rings is 2. The van der Waals surface area contributed by atoms with E-state index in [-0.39, 0.29) is 31.4 Å². The second-order valence-corrected chi connectivity index (χ2v) is 9.63. The van der Waals surface area contributed by atoms with Crippen molar-refractivity contribution in [1.29, 1.82) is 0 Å². The van der Waals surface area contributed by atoms with Crippen LogP contribution in [0, 0.1) is 6.92 Å². The van der Waals surface area contributed by atoms with Crippen LogP contribution in [0.4, 0.5) is 0 Å². The van der Waals surface area contributed by atoms with Crippen LogP contribution in [0.15, 0.2) is 30.3 Å². The number of esters is 1. The second-order valence-electron chi connectivity index (χ2n) is 9.63. The van der Waals surface area contributed by atoms with Gasteiger partial charge in [0.15, 0.2) is 23.0 Å². The molecule has 0 bridgehead atoms. The summed E-state index contributed by atoms with van der Waals surface area (Å²) < 4.78 is 27.1. The van der Waals surface area contributed by atoms with E-state index in [0.717, 1.165) is 10.9 Å². The maximum Gasteiger partial charge on any atom is 0.340 e. The average Bonchev–Trinajstić information content (AvgIpc) is 2.99. The van der Waals surface area contributed by atoms with Crippen LogP contribution < -0.4 is 24.3 Å². The van der Waals surface area contributed by atoms with Crippen molar-refractivity contribution in [3.63, 3.8) is 0 Å². The van der Waals surface area contributed by atoms with Gasteiger partial charge in [-0.3, -0.25) is 4.98 Å². The molecule has 0 saturated heterocycles. The molecule has 1 aromatic heterocycles. The number of aryl methyl sites for hydroxylation is 1. The van der Waals surface area contributed by atoms with Gasteiger partial charge < -0.3 is 29.0 Å². The summed E-state index contributed by atoms with van der Waals surface area (Å²) in [4.78, 5) is 17.5. The third-order valence-electron chi connectivity index (χ3n) is 6.74. The van der Waals surface area contributed by atoms with Crippen LogP contribution in [0.3, 0.4) is 0 Å². The largest absolute Gasteiger partial charge is 0.493 e. The fraction of sp³-hybridized carbons (Fsp3) is 0.515. The third-order valence-corrected chi connectivity index (χ3v) is 6.74. The molecule has 0 spiro atoms. The highest BCUT2D eigenvalue weighted by Gasteiger charge is 2.24. The molecular formula is C33H50Cl2N2O6. The van der Waals surface area contributed by atoms with Gasteiger partial charge in [0.2, 0.25) is 0 Å². The number of nitrogens with zero attached hydrogens (tertiary/aromatic N) is 1. The van der Waals surface area contributed by atoms with Gasteiger partial charge in [-0.2, -0.15) is 0 Å². The van der Waals surface area contributed by atoms with Crippen molar-refractivity contribution in [2.24, 2.45) is 0 Å². The van der Waals surface area contributed by atoms with Gasteiger partial charge in [-0.25, -0.2) is 4.79 Å². The Morgan fingerprint density at radius 2 is 1.28 bits per heavy atom. The van der Waals surface area contributed by atoms with Crippen LogP contribution in [0.1, 0.15) is 75.3 Å². The number of ether oxygens (including phenoxy) is 5. The first-order chi connectivity index (χ1) is 19.9. The zero-order valence-electron chi connectivity index (χ0n) is 27.0. The van der Waals surface area contributed by atoms with Crippen molar-refractivity contribution >= 4 is 41.7 Å². The molecule has 0 fully saturated rings. The Bertz CT molecular complexity index is 1250. The van der Waals surface area contributed by atoms with Gasteiger partial charge in [0.05, 0.1) is 51.8 Å². The first-order valence-electron chi connectivity index (χ1n) is 14.6. The molecule has 2 aromatic carbocycles. The molecule has 0 unspecified atom stereocenters. The van der Waals surface area contributed by atoms with Crippen molar-refractivity contribution in [3.8, 4) is 34.1 Å². The smallest absolute Gasteiger partial charge is 0.340 e. The number of unbranched alkanes of at least 4 members (excludes halogenated alkanes) is 4. The molecule has 0 aliphatic heterocycles. The highest BCUT2D eigenvalue weighted by molar-refractivity contribution is 6.08. The number of rotatable bonds is 15. The Morgan fingerprint density at radius 3 is 1.79 bits per heavy atom. The van der Waals surface area contributed by atoms with Gasteiger partial charge in [-0.1, -0.05) is 45.6 Å². The molecule has 0 aliphatic rings. The number of fused-ring (bicyclic) bond motifs is 1. The van der Waals surface area contributed by atoms with E-state index in [1.165, 1.54) is 51.6 Å². The SMILES string of the molecule is CCCCCNCCCCC.CCOC(=O)c1c(C)nc2cc(OC)c(OC)cc2c1-c1ccc(OC)c(OC)c1.Cl.Cl. The van der Waals surface area contributed by atoms with Crippen LogP contribution in [0.2, 0.25) is 0 Å². The summed E-state index contributed by atoms with van der Waals surface area (Å²) in [5.41, 5.74) is 3.06. The van der Waals surface area contributed by atoms with E-state index in [1.54, 1.807) is 54.4 Å². The lowest BCUT2D eigenvalue weighted by atomic mass is 9.93. The summed E-state index contributed by atoms with van der Waals surface area (Å²) in [6, 6.07) is 9.10. The molecule has 0 aliphatic carbocycles. The quantitative estimate of drug-likeness (QED) is 0.131. The zero-order valence-corrected chi connectivity index (χ0v) is 28.6. The molecule has 0 radical (unpaired) electrons. The Balaban J connectivity index is 0.00000117. The number of hydrogen-bond donors (Lipinski definition) is 1. The topological polar surface area (TPSA) is 88.1 Å². The third kappa shape index (κ3) is 11.2. The summed E-state index contributed by atoms with van der Waals surface area (Å²) in [6.45, 7) is 10.7. The van der Waals surface area contributed by atoms with Gasteiger partial charge in [0, 0.05) is 17.0 Å². The molecule has 1 N–H and O–H groups in total. The number of nitrogens with one attached hydrogen (secondary N) is 1. The molecule has 242 valence electrons. The predicted molar refractivity (Wildman–Crippen MR) is 180 cm³/mol. The summed E-state index contributed by atoms with van der Waals surface area (Å²) in [5.74, 6) is 1.79. The average molecular weight is 642 g/mol. The van der Waals surface area contributed by atoms with Gasteiger partial charge in [-0.05, 0) is 63.5 Å². The van der Waals surface area contributed by atoms with E-state index < -0.39 is 5.97 Å². The minimum atomic E-state index is -0.441. The number of pyridine rings is 1. The van der Waals surface area contributed by atoms with Crippen LogP contribution in [0.5, 0.6) is 23.0 Å². The fourth-order valence-electron chi connectivity index (χ4n) is 4.58. The molecule has 0 amide bonds. The lowest BCUT2D eigenvalue weighted by Gasteiger charge is -2.18. The fourth-order valence-corrected chi connectivity index (χ4v) is 4.58. The maximum atomic E-state index is 12.9. The first kappa shape index (κ1) is 40.1. The Kier molecular flexibility index (Phi) is 20.2. The van der Waals surface area contributed by atoms with Crippen molar-refractivity contribution in [2.75, 3.05) is 48.1 Å². The molecule has 0 atom stereocenters. The maximum absolute atomic E-state index is 12.9. The molecular weight excluding hydrogens is 591 g/mol. The lowest BCUT2D eigenvalue weighted by molar-refractivity contribution is 0.0526. The Morgan fingerprint density at radius 1 is 0.744 bits per heavy atom. The van der Waals surface area contributed by atoms with Gasteiger partial charge >= 0.3 is 5.97 Å². The monoisotopic (exact) mass is 640 g/mol. The lowest BCUT2D eigenvalue weighted by Crippen LogP contribution is -2.16. The normalized spacial score (nSPS) is 10.0. The zero-order chi connectivity index (χ0) is 30.2. The number of carbonyl (C=O) groups excluding carboxylic acids is 1. The number of aromatic nitrogens is 1. The van der Waals surface area contributed by atoms with Crippen molar-refractivity contribution in [2.45, 2.75) is 66.2 Å². The van der Waals surface area contributed by atoms with E-state index in [1.807, 2.05) is 18.2 Å². The highest BCUT2D eigenvalue weighted by Crippen LogP contribution is 2.41. The van der Waals surface area contributed by atoms with Crippen molar-refractivity contribution in [3.05, 3.63) is 41.6 Å². The number of halogens is 2. The van der Waals surface area contributed by atoms with E-state index >= 15 is 0 Å². The van der Waals surface area contributed by atoms with Crippen molar-refractivity contribution in [1.82, 2.24) is 10.3 Å². The number of methoxy groups -OCH3 is 4. The summed E-state index contributed by atoms with van der Waals surface area (Å²) >= 11 is 0. The van der Waals surface area contributed by atoms with E-state index in [9.17, 15) is 4.79 Å². The van der Waals surface area contributed by atoms with Crippen LogP contribution in [-0.2, 0) is 4.74 Å². The number of carbonyl (C=O) groups is 1. The van der Waals surface area contributed by atoms with Gasteiger partial charge in [0.1, 0.15) is 0 Å². The molecule has 0 saturated carbocycles.